The maximum absolute atomic E-state index is 15.6. The van der Waals surface area contributed by atoms with E-state index in [2.05, 4.69) is 37.3 Å². The molecular weight excluding hydrogens is 516 g/mol. The van der Waals surface area contributed by atoms with E-state index in [1.54, 1.807) is 57.4 Å². The second kappa shape index (κ2) is 11.3. The number of hydrogen-bond donors (Lipinski definition) is 4. The van der Waals surface area contributed by atoms with Gasteiger partial charge in [-0.3, -0.25) is 14.6 Å². The number of nitrogens with zero attached hydrogens (tertiary/aromatic N) is 3. The molecule has 0 aliphatic rings. The van der Waals surface area contributed by atoms with Crippen molar-refractivity contribution in [2.75, 3.05) is 17.7 Å². The van der Waals surface area contributed by atoms with Crippen LogP contribution in [0.4, 0.5) is 31.8 Å². The number of carbonyl (C=O) groups excluding carboxylic acids is 2. The lowest BCUT2D eigenvalue weighted by Crippen LogP contribution is -2.35. The van der Waals surface area contributed by atoms with Gasteiger partial charge in [0.15, 0.2) is 5.82 Å². The van der Waals surface area contributed by atoms with Gasteiger partial charge >= 0.3 is 0 Å². The summed E-state index contributed by atoms with van der Waals surface area (Å²) in [5, 5.41) is 5.19. The average Bonchev–Trinajstić information content (AvgIpc) is 3.42. The van der Waals surface area contributed by atoms with Crippen molar-refractivity contribution in [1.82, 2.24) is 9.97 Å². The molecule has 0 aliphatic heterocycles. The van der Waals surface area contributed by atoms with Gasteiger partial charge in [-0.25, -0.2) is 18.8 Å². The molecule has 40 heavy (non-hydrogen) atoms. The number of pyridine rings is 1. The molecule has 9 nitrogen and oxygen atoms in total. The van der Waals surface area contributed by atoms with E-state index in [0.29, 0.717) is 28.2 Å². The normalized spacial score (nSPS) is 11.7. The van der Waals surface area contributed by atoms with Gasteiger partial charge in [0.2, 0.25) is 5.91 Å². The van der Waals surface area contributed by atoms with E-state index in [-0.39, 0.29) is 17.1 Å². The number of benzene rings is 2. The van der Waals surface area contributed by atoms with Crippen LogP contribution < -0.4 is 16.4 Å². The van der Waals surface area contributed by atoms with Crippen molar-refractivity contribution in [2.45, 2.75) is 19.3 Å². The number of carbonyl (C=O) groups is 2. The molecule has 2 aromatic heterocycles. The fourth-order valence-electron chi connectivity index (χ4n) is 4.03. The Morgan fingerprint density at radius 2 is 1.85 bits per heavy atom. The second-order valence-electron chi connectivity index (χ2n) is 9.30. The number of primary amides is 1. The van der Waals surface area contributed by atoms with Crippen LogP contribution in [0.2, 0.25) is 0 Å². The summed E-state index contributed by atoms with van der Waals surface area (Å²) in [6, 6.07) is 13.5. The summed E-state index contributed by atoms with van der Waals surface area (Å²) < 4.78 is 30.5. The summed E-state index contributed by atoms with van der Waals surface area (Å²) in [6.07, 6.45) is 3.13. The largest absolute Gasteiger partial charge is 0.369 e. The number of H-pyrrole nitrogens is 1. The fraction of sp³-hybridized carbons (Fsp3) is 0.138. The first kappa shape index (κ1) is 27.8. The quantitative estimate of drug-likeness (QED) is 0.214. The van der Waals surface area contributed by atoms with Crippen molar-refractivity contribution >= 4 is 47.3 Å². The molecular formula is C29H27F2N7O2. The minimum absolute atomic E-state index is 0.127. The lowest BCUT2D eigenvalue weighted by molar-refractivity contribution is -0.122. The Bertz CT molecular complexity index is 1640. The van der Waals surface area contributed by atoms with Crippen molar-refractivity contribution in [3.8, 4) is 0 Å². The monoisotopic (exact) mass is 543 g/mol. The first-order valence-electron chi connectivity index (χ1n) is 12.1. The third-order valence-corrected chi connectivity index (χ3v) is 6.47. The minimum Gasteiger partial charge on any atom is -0.369 e. The Kier molecular flexibility index (Phi) is 7.85. The molecule has 0 saturated heterocycles. The molecule has 11 heteroatoms. The molecule has 0 unspecified atom stereocenters. The first-order chi connectivity index (χ1) is 19.1. The molecule has 204 valence electrons. The lowest BCUT2D eigenvalue weighted by atomic mass is 9.83. The molecule has 0 atom stereocenters. The predicted molar refractivity (Wildman–Crippen MR) is 152 cm³/mol. The van der Waals surface area contributed by atoms with E-state index in [1.165, 1.54) is 18.3 Å². The molecule has 2 aromatic carbocycles. The molecule has 0 saturated carbocycles. The number of amides is 2. The third kappa shape index (κ3) is 5.35. The van der Waals surface area contributed by atoms with Crippen molar-refractivity contribution in [3.63, 3.8) is 0 Å². The Morgan fingerprint density at radius 3 is 2.55 bits per heavy atom. The maximum atomic E-state index is 15.6. The van der Waals surface area contributed by atoms with Gasteiger partial charge < -0.3 is 21.4 Å². The van der Waals surface area contributed by atoms with Gasteiger partial charge in [0, 0.05) is 36.1 Å². The Morgan fingerprint density at radius 1 is 1.07 bits per heavy atom. The summed E-state index contributed by atoms with van der Waals surface area (Å²) in [4.78, 5) is 40.3. The molecule has 0 aliphatic carbocycles. The van der Waals surface area contributed by atoms with Crippen LogP contribution >= 0.6 is 0 Å². The molecule has 5 N–H and O–H groups in total. The fourth-order valence-corrected chi connectivity index (χ4v) is 4.03. The SMILES string of the molecule is C=Nc1[nH]ccc1C(=NC)c1cccnc1Nc1c(F)ccc(NC(=O)c2cccc(C(C)(C)C(N)=O)c2)c1F. The Hall–Kier alpha value is -5.19. The number of hydrogen-bond acceptors (Lipinski definition) is 6. The highest BCUT2D eigenvalue weighted by Gasteiger charge is 2.28. The predicted octanol–water partition coefficient (Wildman–Crippen LogP) is 5.25. The molecule has 4 aromatic rings. The van der Waals surface area contributed by atoms with E-state index in [4.69, 9.17) is 5.73 Å². The number of halogens is 2. The smallest absolute Gasteiger partial charge is 0.255 e. The van der Waals surface area contributed by atoms with Crippen LogP contribution in [0.15, 0.2) is 77.0 Å². The highest BCUT2D eigenvalue weighted by atomic mass is 19.1. The number of aromatic amines is 1. The lowest BCUT2D eigenvalue weighted by Gasteiger charge is -2.21. The van der Waals surface area contributed by atoms with Gasteiger partial charge in [-0.15, -0.1) is 0 Å². The van der Waals surface area contributed by atoms with Crippen LogP contribution in [0, 0.1) is 11.6 Å². The number of aliphatic imine (C=N–C) groups is 2. The van der Waals surface area contributed by atoms with Crippen LogP contribution in [0.3, 0.4) is 0 Å². The summed E-state index contributed by atoms with van der Waals surface area (Å²) in [7, 11) is 1.57. The van der Waals surface area contributed by atoms with Gasteiger partial charge in [-0.2, -0.15) is 0 Å². The van der Waals surface area contributed by atoms with Crippen LogP contribution in [0.5, 0.6) is 0 Å². The topological polar surface area (TPSA) is 138 Å². The molecule has 0 bridgehead atoms. The van der Waals surface area contributed by atoms with Crippen LogP contribution in [-0.4, -0.2) is 41.3 Å². The highest BCUT2D eigenvalue weighted by Crippen LogP contribution is 2.32. The summed E-state index contributed by atoms with van der Waals surface area (Å²) in [6.45, 7) is 6.81. The van der Waals surface area contributed by atoms with Crippen LogP contribution in [-0.2, 0) is 10.2 Å². The highest BCUT2D eigenvalue weighted by molar-refractivity contribution is 6.18. The zero-order chi connectivity index (χ0) is 29.0. The zero-order valence-corrected chi connectivity index (χ0v) is 22.0. The Balaban J connectivity index is 1.66. The molecule has 0 spiro atoms. The van der Waals surface area contributed by atoms with E-state index < -0.39 is 34.6 Å². The van der Waals surface area contributed by atoms with Crippen LogP contribution in [0.1, 0.15) is 40.9 Å². The molecule has 0 radical (unpaired) electrons. The van der Waals surface area contributed by atoms with Gasteiger partial charge in [-0.1, -0.05) is 12.1 Å². The summed E-state index contributed by atoms with van der Waals surface area (Å²) >= 11 is 0. The Labute approximate surface area is 229 Å². The second-order valence-corrected chi connectivity index (χ2v) is 9.30. The van der Waals surface area contributed by atoms with Crippen LogP contribution in [0.25, 0.3) is 0 Å². The summed E-state index contributed by atoms with van der Waals surface area (Å²) in [5.74, 6) is -2.56. The van der Waals surface area contributed by atoms with Crippen molar-refractivity contribution in [2.24, 2.45) is 15.7 Å². The molecule has 0 fully saturated rings. The van der Waals surface area contributed by atoms with Crippen molar-refractivity contribution < 1.29 is 18.4 Å². The third-order valence-electron chi connectivity index (χ3n) is 6.47. The van der Waals surface area contributed by atoms with E-state index in [9.17, 15) is 14.0 Å². The minimum atomic E-state index is -1.04. The number of aromatic nitrogens is 2. The number of nitrogens with two attached hydrogens (primary N) is 1. The number of nitrogens with one attached hydrogen (secondary N) is 3. The summed E-state index contributed by atoms with van der Waals surface area (Å²) in [5.41, 5.74) is 5.90. The van der Waals surface area contributed by atoms with Gasteiger partial charge in [0.1, 0.15) is 23.1 Å². The van der Waals surface area contributed by atoms with Gasteiger partial charge in [-0.05, 0) is 68.6 Å². The van der Waals surface area contributed by atoms with E-state index >= 15 is 4.39 Å². The number of rotatable bonds is 9. The van der Waals surface area contributed by atoms with Gasteiger partial charge in [0.05, 0.1) is 16.8 Å². The first-order valence-corrected chi connectivity index (χ1v) is 12.1. The van der Waals surface area contributed by atoms with Gasteiger partial charge in [0.25, 0.3) is 5.91 Å². The van der Waals surface area contributed by atoms with E-state index in [0.717, 1.165) is 12.1 Å². The standard InChI is InChI=1S/C29H27F2N7O2/c1-29(2,28(32)40)17-8-5-7-16(15-17)27(39)37-21-11-10-20(30)24(22(21)31)38-26-18(9-6-13-35-26)23(33-3)19-12-14-36-25(19)34-4/h5-15,36H,4H2,1-3H3,(H2,32,40)(H,35,38)(H,37,39). The van der Waals surface area contributed by atoms with Crippen molar-refractivity contribution in [1.29, 1.82) is 0 Å². The number of anilines is 3. The molecule has 2 heterocycles. The van der Waals surface area contributed by atoms with E-state index in [1.807, 2.05) is 0 Å². The molecule has 2 amide bonds. The molecule has 4 rings (SSSR count). The van der Waals surface area contributed by atoms with Crippen molar-refractivity contribution in [3.05, 3.63) is 101 Å². The maximum Gasteiger partial charge on any atom is 0.255 e. The average molecular weight is 544 g/mol. The zero-order valence-electron chi connectivity index (χ0n) is 22.0.